The minimum atomic E-state index is -0.181. The Morgan fingerprint density at radius 1 is 1.59 bits per heavy atom. The van der Waals surface area contributed by atoms with Crippen LogP contribution in [0.3, 0.4) is 0 Å². The maximum absolute atomic E-state index is 11.3. The Kier molecular flexibility index (Phi) is 5.15. The van der Waals surface area contributed by atoms with E-state index in [-0.39, 0.29) is 17.9 Å². The van der Waals surface area contributed by atoms with E-state index in [0.717, 1.165) is 18.7 Å². The minimum Gasteiger partial charge on any atom is -0.469 e. The van der Waals surface area contributed by atoms with Gasteiger partial charge in [0.2, 0.25) is 0 Å². The number of esters is 1. The van der Waals surface area contributed by atoms with Crippen LogP contribution in [0.2, 0.25) is 0 Å². The van der Waals surface area contributed by atoms with Crippen molar-refractivity contribution >= 4 is 5.97 Å². The molecule has 1 rings (SSSR count). The lowest BCUT2D eigenvalue weighted by Gasteiger charge is -2.19. The Hall–Kier alpha value is -1.36. The summed E-state index contributed by atoms with van der Waals surface area (Å²) in [6, 6.07) is 0.0964. The first-order chi connectivity index (χ1) is 8.04. The van der Waals surface area contributed by atoms with E-state index in [2.05, 4.69) is 10.4 Å². The van der Waals surface area contributed by atoms with Gasteiger partial charge in [-0.1, -0.05) is 6.92 Å². The van der Waals surface area contributed by atoms with Crippen molar-refractivity contribution in [3.63, 3.8) is 0 Å². The van der Waals surface area contributed by atoms with E-state index in [9.17, 15) is 4.79 Å². The zero-order valence-electron chi connectivity index (χ0n) is 10.9. The predicted octanol–water partition coefficient (Wildman–Crippen LogP) is 0.979. The molecule has 0 amide bonds. The van der Waals surface area contributed by atoms with Gasteiger partial charge in [-0.3, -0.25) is 9.48 Å². The van der Waals surface area contributed by atoms with Gasteiger partial charge < -0.3 is 10.1 Å². The summed E-state index contributed by atoms with van der Waals surface area (Å²) in [4.78, 5) is 11.3. The second kappa shape index (κ2) is 6.39. The molecule has 0 aliphatic carbocycles. The number of hydrogen-bond acceptors (Lipinski definition) is 4. The molecule has 0 aromatic carbocycles. The topological polar surface area (TPSA) is 56.1 Å². The maximum atomic E-state index is 11.3. The summed E-state index contributed by atoms with van der Waals surface area (Å²) in [5.41, 5.74) is 1.15. The lowest BCUT2D eigenvalue weighted by molar-refractivity contribution is -0.145. The van der Waals surface area contributed by atoms with Crippen molar-refractivity contribution < 1.29 is 9.53 Å². The number of rotatable bonds is 6. The van der Waals surface area contributed by atoms with Gasteiger partial charge in [0.1, 0.15) is 0 Å². The molecule has 2 unspecified atom stereocenters. The lowest BCUT2D eigenvalue weighted by atomic mass is 10.0. The highest BCUT2D eigenvalue weighted by Crippen LogP contribution is 2.04. The van der Waals surface area contributed by atoms with Crippen molar-refractivity contribution in [2.45, 2.75) is 33.4 Å². The third-order valence-electron chi connectivity index (χ3n) is 2.89. The molecule has 0 bridgehead atoms. The molecule has 0 aliphatic heterocycles. The summed E-state index contributed by atoms with van der Waals surface area (Å²) in [5.74, 6) is -0.320. The maximum Gasteiger partial charge on any atom is 0.309 e. The van der Waals surface area contributed by atoms with Crippen LogP contribution in [0.25, 0.3) is 0 Å². The second-order valence-electron chi connectivity index (χ2n) is 4.34. The highest BCUT2D eigenvalue weighted by Gasteiger charge is 2.19. The number of nitrogens with one attached hydrogen (secondary N) is 1. The van der Waals surface area contributed by atoms with E-state index in [0.29, 0.717) is 0 Å². The van der Waals surface area contributed by atoms with Crippen molar-refractivity contribution in [2.75, 3.05) is 13.7 Å². The van der Waals surface area contributed by atoms with E-state index in [1.807, 2.05) is 37.8 Å². The molecule has 0 spiro atoms. The second-order valence-corrected chi connectivity index (χ2v) is 4.34. The van der Waals surface area contributed by atoms with E-state index in [4.69, 9.17) is 4.74 Å². The molecule has 1 aromatic heterocycles. The number of methoxy groups -OCH3 is 1. The van der Waals surface area contributed by atoms with Crippen molar-refractivity contribution in [1.29, 1.82) is 0 Å². The molecular weight excluding hydrogens is 218 g/mol. The standard InChI is InChI=1S/C12H21N3O2/c1-9-7-14-15(8-9)6-5-13-11(3)10(2)12(16)17-4/h7-8,10-11,13H,5-6H2,1-4H3. The number of carbonyl (C=O) groups is 1. The van der Waals surface area contributed by atoms with E-state index in [1.165, 1.54) is 7.11 Å². The van der Waals surface area contributed by atoms with Crippen LogP contribution in [0.4, 0.5) is 0 Å². The van der Waals surface area contributed by atoms with Gasteiger partial charge in [0.25, 0.3) is 0 Å². The van der Waals surface area contributed by atoms with Gasteiger partial charge in [-0.15, -0.1) is 0 Å². The molecule has 1 heterocycles. The van der Waals surface area contributed by atoms with Crippen LogP contribution in [0.5, 0.6) is 0 Å². The smallest absolute Gasteiger partial charge is 0.309 e. The van der Waals surface area contributed by atoms with E-state index in [1.54, 1.807) is 0 Å². The molecule has 0 fully saturated rings. The predicted molar refractivity (Wildman–Crippen MR) is 65.6 cm³/mol. The van der Waals surface area contributed by atoms with Crippen LogP contribution in [0.1, 0.15) is 19.4 Å². The van der Waals surface area contributed by atoms with Crippen LogP contribution in [0, 0.1) is 12.8 Å². The first-order valence-corrected chi connectivity index (χ1v) is 5.85. The summed E-state index contributed by atoms with van der Waals surface area (Å²) >= 11 is 0. The Bertz CT molecular complexity index is 362. The first-order valence-electron chi connectivity index (χ1n) is 5.85. The summed E-state index contributed by atoms with van der Waals surface area (Å²) < 4.78 is 6.59. The molecular formula is C12H21N3O2. The van der Waals surface area contributed by atoms with E-state index < -0.39 is 0 Å². The highest BCUT2D eigenvalue weighted by molar-refractivity contribution is 5.72. The van der Waals surface area contributed by atoms with Crippen LogP contribution in [-0.2, 0) is 16.1 Å². The normalized spacial score (nSPS) is 14.4. The zero-order chi connectivity index (χ0) is 12.8. The van der Waals surface area contributed by atoms with Crippen molar-refractivity contribution in [3.8, 4) is 0 Å². The van der Waals surface area contributed by atoms with Crippen molar-refractivity contribution in [3.05, 3.63) is 18.0 Å². The number of ether oxygens (including phenoxy) is 1. The van der Waals surface area contributed by atoms with Gasteiger partial charge in [0.15, 0.2) is 0 Å². The Morgan fingerprint density at radius 2 is 2.29 bits per heavy atom. The zero-order valence-corrected chi connectivity index (χ0v) is 10.9. The average molecular weight is 239 g/mol. The van der Waals surface area contributed by atoms with Gasteiger partial charge in [-0.2, -0.15) is 5.10 Å². The van der Waals surface area contributed by atoms with Crippen molar-refractivity contribution in [1.82, 2.24) is 15.1 Å². The molecule has 2 atom stereocenters. The van der Waals surface area contributed by atoms with Crippen LogP contribution >= 0.6 is 0 Å². The van der Waals surface area contributed by atoms with Gasteiger partial charge in [0.05, 0.1) is 25.8 Å². The largest absolute Gasteiger partial charge is 0.469 e. The van der Waals surface area contributed by atoms with E-state index >= 15 is 0 Å². The molecule has 0 saturated carbocycles. The Labute approximate surface area is 102 Å². The summed E-state index contributed by atoms with van der Waals surface area (Å²) in [6.07, 6.45) is 3.83. The van der Waals surface area contributed by atoms with Crippen LogP contribution in [0.15, 0.2) is 12.4 Å². The number of hydrogen-bond donors (Lipinski definition) is 1. The van der Waals surface area contributed by atoms with Crippen LogP contribution in [-0.4, -0.2) is 35.4 Å². The number of nitrogens with zero attached hydrogens (tertiary/aromatic N) is 2. The third kappa shape index (κ3) is 4.19. The molecule has 0 saturated heterocycles. The van der Waals surface area contributed by atoms with Gasteiger partial charge in [0, 0.05) is 18.8 Å². The highest BCUT2D eigenvalue weighted by atomic mass is 16.5. The van der Waals surface area contributed by atoms with Crippen molar-refractivity contribution in [2.24, 2.45) is 5.92 Å². The quantitative estimate of drug-likeness (QED) is 0.752. The van der Waals surface area contributed by atoms with Gasteiger partial charge in [-0.05, 0) is 19.4 Å². The fraction of sp³-hybridized carbons (Fsp3) is 0.667. The molecule has 0 radical (unpaired) electrons. The molecule has 1 N–H and O–H groups in total. The molecule has 5 heteroatoms. The number of aryl methyl sites for hydroxylation is 1. The fourth-order valence-electron chi connectivity index (χ4n) is 1.56. The third-order valence-corrected chi connectivity index (χ3v) is 2.89. The van der Waals surface area contributed by atoms with Gasteiger partial charge in [-0.25, -0.2) is 0 Å². The summed E-state index contributed by atoms with van der Waals surface area (Å²) in [7, 11) is 1.41. The molecule has 5 nitrogen and oxygen atoms in total. The minimum absolute atomic E-state index is 0.0964. The number of aromatic nitrogens is 2. The summed E-state index contributed by atoms with van der Waals surface area (Å²) in [5, 5.41) is 7.49. The van der Waals surface area contributed by atoms with Crippen LogP contribution < -0.4 is 5.32 Å². The lowest BCUT2D eigenvalue weighted by Crippen LogP contribution is -2.38. The Balaban J connectivity index is 2.28. The molecule has 0 aliphatic rings. The van der Waals surface area contributed by atoms with Gasteiger partial charge >= 0.3 is 5.97 Å². The Morgan fingerprint density at radius 3 is 2.82 bits per heavy atom. The summed E-state index contributed by atoms with van der Waals surface area (Å²) in [6.45, 7) is 7.44. The average Bonchev–Trinajstić information content (AvgIpc) is 2.72. The molecule has 96 valence electrons. The monoisotopic (exact) mass is 239 g/mol. The first kappa shape index (κ1) is 13.7. The molecule has 1 aromatic rings. The number of carbonyl (C=O) groups excluding carboxylic acids is 1. The fourth-order valence-corrected chi connectivity index (χ4v) is 1.56. The SMILES string of the molecule is COC(=O)C(C)C(C)NCCn1cc(C)cn1. The molecule has 17 heavy (non-hydrogen) atoms.